The first-order valence-corrected chi connectivity index (χ1v) is 8.40. The minimum atomic E-state index is -0.0157. The fourth-order valence-corrected chi connectivity index (χ4v) is 3.39. The lowest BCUT2D eigenvalue weighted by molar-refractivity contribution is -0.121. The van der Waals surface area contributed by atoms with E-state index < -0.39 is 0 Å². The molecule has 3 rings (SSSR count). The van der Waals surface area contributed by atoms with Gasteiger partial charge in [0, 0.05) is 5.69 Å². The van der Waals surface area contributed by atoms with Gasteiger partial charge in [-0.25, -0.2) is 0 Å². The SMILES string of the molecule is Nc1ccc2c(c1)CCCC2NC(=O)Cc1ccc(Cl)c(Cl)c1. The van der Waals surface area contributed by atoms with Crippen LogP contribution in [0.15, 0.2) is 36.4 Å². The number of rotatable bonds is 3. The zero-order valence-electron chi connectivity index (χ0n) is 12.6. The molecule has 0 saturated carbocycles. The molecule has 3 N–H and O–H groups in total. The largest absolute Gasteiger partial charge is 0.399 e. The Kier molecular flexibility index (Phi) is 4.79. The summed E-state index contributed by atoms with van der Waals surface area (Å²) in [5, 5.41) is 4.08. The molecule has 1 aliphatic rings. The summed E-state index contributed by atoms with van der Waals surface area (Å²) in [4.78, 5) is 12.3. The highest BCUT2D eigenvalue weighted by molar-refractivity contribution is 6.42. The summed E-state index contributed by atoms with van der Waals surface area (Å²) in [6.45, 7) is 0. The van der Waals surface area contributed by atoms with Crippen molar-refractivity contribution in [1.82, 2.24) is 5.32 Å². The lowest BCUT2D eigenvalue weighted by Gasteiger charge is -2.26. The summed E-state index contributed by atoms with van der Waals surface area (Å²) < 4.78 is 0. The number of nitrogen functional groups attached to an aromatic ring is 1. The number of aryl methyl sites for hydroxylation is 1. The lowest BCUT2D eigenvalue weighted by atomic mass is 9.87. The number of halogens is 2. The van der Waals surface area contributed by atoms with Gasteiger partial charge in [0.05, 0.1) is 22.5 Å². The van der Waals surface area contributed by atoms with Gasteiger partial charge in [0.1, 0.15) is 0 Å². The summed E-state index contributed by atoms with van der Waals surface area (Å²) in [5.41, 5.74) is 9.87. The van der Waals surface area contributed by atoms with E-state index in [0.717, 1.165) is 30.5 Å². The Morgan fingerprint density at radius 3 is 2.78 bits per heavy atom. The van der Waals surface area contributed by atoms with Crippen LogP contribution in [0.3, 0.4) is 0 Å². The molecular weight excluding hydrogens is 331 g/mol. The van der Waals surface area contributed by atoms with Gasteiger partial charge in [-0.05, 0) is 60.2 Å². The van der Waals surface area contributed by atoms with Gasteiger partial charge in [0.15, 0.2) is 0 Å². The number of nitrogens with one attached hydrogen (secondary N) is 1. The first-order chi connectivity index (χ1) is 11.0. The van der Waals surface area contributed by atoms with Crippen LogP contribution in [-0.2, 0) is 17.6 Å². The Labute approximate surface area is 145 Å². The molecule has 3 nitrogen and oxygen atoms in total. The average molecular weight is 349 g/mol. The molecule has 0 bridgehead atoms. The van der Waals surface area contributed by atoms with Crippen molar-refractivity contribution in [3.05, 3.63) is 63.1 Å². The molecule has 120 valence electrons. The Morgan fingerprint density at radius 2 is 2.00 bits per heavy atom. The van der Waals surface area contributed by atoms with E-state index in [1.165, 1.54) is 11.1 Å². The number of nitrogens with two attached hydrogens (primary N) is 1. The van der Waals surface area contributed by atoms with Crippen molar-refractivity contribution in [3.8, 4) is 0 Å². The van der Waals surface area contributed by atoms with E-state index in [4.69, 9.17) is 28.9 Å². The van der Waals surface area contributed by atoms with E-state index >= 15 is 0 Å². The second-order valence-corrected chi connectivity index (χ2v) is 6.71. The van der Waals surface area contributed by atoms with Crippen molar-refractivity contribution in [2.45, 2.75) is 31.7 Å². The van der Waals surface area contributed by atoms with Crippen molar-refractivity contribution < 1.29 is 4.79 Å². The standard InChI is InChI=1S/C18H18Cl2N2O/c19-15-7-4-11(8-16(15)20)9-18(23)22-17-3-1-2-12-10-13(21)5-6-14(12)17/h4-8,10,17H,1-3,9,21H2,(H,22,23). The number of anilines is 1. The van der Waals surface area contributed by atoms with Crippen LogP contribution in [0.25, 0.3) is 0 Å². The van der Waals surface area contributed by atoms with Crippen molar-refractivity contribution in [1.29, 1.82) is 0 Å². The number of carbonyl (C=O) groups excluding carboxylic acids is 1. The molecule has 0 spiro atoms. The summed E-state index contributed by atoms with van der Waals surface area (Å²) in [5.74, 6) is -0.0157. The molecule has 1 amide bonds. The Morgan fingerprint density at radius 1 is 1.17 bits per heavy atom. The number of hydrogen-bond donors (Lipinski definition) is 2. The topological polar surface area (TPSA) is 55.1 Å². The molecule has 0 radical (unpaired) electrons. The van der Waals surface area contributed by atoms with Crippen LogP contribution in [0.4, 0.5) is 5.69 Å². The molecule has 5 heteroatoms. The third-order valence-electron chi connectivity index (χ3n) is 4.17. The summed E-state index contributed by atoms with van der Waals surface area (Å²) in [7, 11) is 0. The first-order valence-electron chi connectivity index (χ1n) is 7.64. The van der Waals surface area contributed by atoms with Crippen LogP contribution < -0.4 is 11.1 Å². The van der Waals surface area contributed by atoms with Crippen molar-refractivity contribution in [2.24, 2.45) is 0 Å². The molecule has 1 aliphatic carbocycles. The second kappa shape index (κ2) is 6.81. The maximum Gasteiger partial charge on any atom is 0.224 e. The van der Waals surface area contributed by atoms with Crippen LogP contribution in [0.1, 0.15) is 35.6 Å². The van der Waals surface area contributed by atoms with E-state index in [1.54, 1.807) is 12.1 Å². The molecule has 1 atom stereocenters. The van der Waals surface area contributed by atoms with E-state index in [2.05, 4.69) is 5.32 Å². The number of benzene rings is 2. The highest BCUT2D eigenvalue weighted by Gasteiger charge is 2.22. The number of amides is 1. The van der Waals surface area contributed by atoms with Gasteiger partial charge in [-0.3, -0.25) is 4.79 Å². The van der Waals surface area contributed by atoms with E-state index in [0.29, 0.717) is 10.0 Å². The predicted molar refractivity (Wildman–Crippen MR) is 94.8 cm³/mol. The van der Waals surface area contributed by atoms with Crippen molar-refractivity contribution >= 4 is 34.8 Å². The normalized spacial score (nSPS) is 16.7. The smallest absolute Gasteiger partial charge is 0.224 e. The highest BCUT2D eigenvalue weighted by Crippen LogP contribution is 2.31. The molecule has 0 saturated heterocycles. The second-order valence-electron chi connectivity index (χ2n) is 5.90. The fourth-order valence-electron chi connectivity index (χ4n) is 3.06. The van der Waals surface area contributed by atoms with Crippen LogP contribution >= 0.6 is 23.2 Å². The van der Waals surface area contributed by atoms with E-state index in [9.17, 15) is 4.79 Å². The highest BCUT2D eigenvalue weighted by atomic mass is 35.5. The maximum atomic E-state index is 12.3. The van der Waals surface area contributed by atoms with Crippen molar-refractivity contribution in [3.63, 3.8) is 0 Å². The number of hydrogen-bond acceptors (Lipinski definition) is 2. The third kappa shape index (κ3) is 3.80. The predicted octanol–water partition coefficient (Wildman–Crippen LogP) is 4.31. The Hall–Kier alpha value is -1.71. The average Bonchev–Trinajstić information content (AvgIpc) is 2.51. The summed E-state index contributed by atoms with van der Waals surface area (Å²) >= 11 is 11.9. The molecule has 0 fully saturated rings. The van der Waals surface area contributed by atoms with E-state index in [1.807, 2.05) is 24.3 Å². The Balaban J connectivity index is 1.70. The quantitative estimate of drug-likeness (QED) is 0.812. The van der Waals surface area contributed by atoms with Crippen molar-refractivity contribution in [2.75, 3.05) is 5.73 Å². The van der Waals surface area contributed by atoms with Crippen LogP contribution in [-0.4, -0.2) is 5.91 Å². The molecule has 23 heavy (non-hydrogen) atoms. The van der Waals surface area contributed by atoms with Gasteiger partial charge in [-0.15, -0.1) is 0 Å². The van der Waals surface area contributed by atoms with E-state index in [-0.39, 0.29) is 18.4 Å². The van der Waals surface area contributed by atoms with Gasteiger partial charge in [-0.2, -0.15) is 0 Å². The van der Waals surface area contributed by atoms with Gasteiger partial charge in [-0.1, -0.05) is 35.3 Å². The summed E-state index contributed by atoms with van der Waals surface area (Å²) in [6.07, 6.45) is 3.30. The maximum absolute atomic E-state index is 12.3. The third-order valence-corrected chi connectivity index (χ3v) is 4.90. The zero-order valence-corrected chi connectivity index (χ0v) is 14.1. The molecule has 0 aliphatic heterocycles. The molecule has 2 aromatic carbocycles. The van der Waals surface area contributed by atoms with Gasteiger partial charge >= 0.3 is 0 Å². The molecule has 0 aromatic heterocycles. The molecule has 0 heterocycles. The summed E-state index contributed by atoms with van der Waals surface area (Å²) in [6, 6.07) is 11.2. The molecular formula is C18H18Cl2N2O. The van der Waals surface area contributed by atoms with Crippen LogP contribution in [0, 0.1) is 0 Å². The zero-order chi connectivity index (χ0) is 16.4. The first kappa shape index (κ1) is 16.2. The number of fused-ring (bicyclic) bond motifs is 1. The monoisotopic (exact) mass is 348 g/mol. The van der Waals surface area contributed by atoms with Crippen LogP contribution in [0.2, 0.25) is 10.0 Å². The fraction of sp³-hybridized carbons (Fsp3) is 0.278. The molecule has 2 aromatic rings. The van der Waals surface area contributed by atoms with Crippen LogP contribution in [0.5, 0.6) is 0 Å². The molecule has 1 unspecified atom stereocenters. The number of carbonyl (C=O) groups is 1. The minimum absolute atomic E-state index is 0.0157. The van der Waals surface area contributed by atoms with Gasteiger partial charge in [0.25, 0.3) is 0 Å². The van der Waals surface area contributed by atoms with Gasteiger partial charge < -0.3 is 11.1 Å². The lowest BCUT2D eigenvalue weighted by Crippen LogP contribution is -2.32. The minimum Gasteiger partial charge on any atom is -0.399 e. The Bertz CT molecular complexity index is 746. The van der Waals surface area contributed by atoms with Gasteiger partial charge in [0.2, 0.25) is 5.91 Å².